The lowest BCUT2D eigenvalue weighted by Gasteiger charge is -2.06. The van der Waals surface area contributed by atoms with Gasteiger partial charge in [0, 0.05) is 12.6 Å². The molecule has 6 nitrogen and oxygen atoms in total. The first kappa shape index (κ1) is 19.6. The third-order valence-corrected chi connectivity index (χ3v) is 6.77. The van der Waals surface area contributed by atoms with E-state index in [-0.39, 0.29) is 28.5 Å². The van der Waals surface area contributed by atoms with Crippen LogP contribution in [-0.2, 0) is 11.3 Å². The van der Waals surface area contributed by atoms with Crippen LogP contribution in [0.4, 0.5) is 0 Å². The maximum Gasteiger partial charge on any atom is 0.252 e. The van der Waals surface area contributed by atoms with Gasteiger partial charge in [0.2, 0.25) is 5.91 Å². The van der Waals surface area contributed by atoms with Crippen LogP contribution in [0.2, 0.25) is 10.0 Å². The number of halogens is 2. The molecule has 1 amide bonds. The Bertz CT molecular complexity index is 1130. The topological polar surface area (TPSA) is 106 Å². The molecule has 0 saturated carbocycles. The van der Waals surface area contributed by atoms with Crippen molar-refractivity contribution in [2.24, 2.45) is 0 Å². The van der Waals surface area contributed by atoms with E-state index in [1.165, 1.54) is 0 Å². The summed E-state index contributed by atoms with van der Waals surface area (Å²) in [6, 6.07) is 8.17. The standard InChI is InChI=1S/C17H11Cl2N3O3S2/c18-10-2-1-8(3-11(10)19)6-21-14(25)7-26-17-9(5-20)15-16(27-17)12(23)4-13(24)22-15/h1-4H,6-7H2,(H,21,25)(H2,22,23,24). The van der Waals surface area contributed by atoms with E-state index in [0.717, 1.165) is 34.7 Å². The molecule has 0 atom stereocenters. The van der Waals surface area contributed by atoms with Gasteiger partial charge in [-0.25, -0.2) is 0 Å². The highest BCUT2D eigenvalue weighted by atomic mass is 35.5. The molecule has 27 heavy (non-hydrogen) atoms. The van der Waals surface area contributed by atoms with Gasteiger partial charge in [0.05, 0.1) is 30.2 Å². The number of amides is 1. The van der Waals surface area contributed by atoms with Gasteiger partial charge < -0.3 is 15.4 Å². The maximum absolute atomic E-state index is 12.1. The summed E-state index contributed by atoms with van der Waals surface area (Å²) in [5.74, 6) is -0.343. The van der Waals surface area contributed by atoms with Crippen LogP contribution in [0.25, 0.3) is 10.2 Å². The maximum atomic E-state index is 12.1. The van der Waals surface area contributed by atoms with E-state index in [2.05, 4.69) is 10.3 Å². The summed E-state index contributed by atoms with van der Waals surface area (Å²) in [5, 5.41) is 22.9. The van der Waals surface area contributed by atoms with Crippen LogP contribution in [0.5, 0.6) is 5.75 Å². The molecular formula is C17H11Cl2N3O3S2. The second kappa shape index (κ2) is 8.23. The normalized spacial score (nSPS) is 10.7. The molecule has 138 valence electrons. The summed E-state index contributed by atoms with van der Waals surface area (Å²) < 4.78 is 0.958. The number of carbonyl (C=O) groups excluding carboxylic acids is 1. The Kier molecular flexibility index (Phi) is 5.97. The number of hydrogen-bond donors (Lipinski definition) is 3. The molecule has 0 aliphatic carbocycles. The largest absolute Gasteiger partial charge is 0.506 e. The van der Waals surface area contributed by atoms with Crippen molar-refractivity contribution in [3.8, 4) is 11.8 Å². The molecule has 0 aliphatic rings. The zero-order valence-corrected chi connectivity index (χ0v) is 16.7. The van der Waals surface area contributed by atoms with Crippen molar-refractivity contribution in [2.75, 3.05) is 5.75 Å². The number of aromatic hydroxyl groups is 1. The molecule has 0 radical (unpaired) electrons. The van der Waals surface area contributed by atoms with Gasteiger partial charge >= 0.3 is 0 Å². The van der Waals surface area contributed by atoms with Gasteiger partial charge in [-0.3, -0.25) is 9.59 Å². The van der Waals surface area contributed by atoms with Gasteiger partial charge in [0.25, 0.3) is 5.56 Å². The predicted molar refractivity (Wildman–Crippen MR) is 108 cm³/mol. The van der Waals surface area contributed by atoms with Crippen molar-refractivity contribution < 1.29 is 9.90 Å². The smallest absolute Gasteiger partial charge is 0.252 e. The molecule has 2 heterocycles. The van der Waals surface area contributed by atoms with Crippen LogP contribution in [0, 0.1) is 11.3 Å². The molecule has 0 unspecified atom stereocenters. The van der Waals surface area contributed by atoms with Crippen molar-refractivity contribution >= 4 is 62.4 Å². The number of carbonyl (C=O) groups is 1. The lowest BCUT2D eigenvalue weighted by molar-refractivity contribution is -0.118. The van der Waals surface area contributed by atoms with Crippen LogP contribution in [0.15, 0.2) is 33.3 Å². The van der Waals surface area contributed by atoms with Crippen LogP contribution >= 0.6 is 46.3 Å². The van der Waals surface area contributed by atoms with E-state index >= 15 is 0 Å². The number of thioether (sulfide) groups is 1. The summed E-state index contributed by atoms with van der Waals surface area (Å²) in [6.45, 7) is 0.294. The van der Waals surface area contributed by atoms with E-state index < -0.39 is 5.56 Å². The molecule has 2 aromatic heterocycles. The Labute approximate surface area is 171 Å². The number of fused-ring (bicyclic) bond motifs is 1. The van der Waals surface area contributed by atoms with Gasteiger partial charge in [-0.15, -0.1) is 23.1 Å². The summed E-state index contributed by atoms with van der Waals surface area (Å²) in [7, 11) is 0. The number of nitriles is 1. The molecule has 10 heteroatoms. The number of hydrogen-bond acceptors (Lipinski definition) is 6. The second-order valence-electron chi connectivity index (χ2n) is 5.41. The molecule has 3 rings (SSSR count). The highest BCUT2D eigenvalue weighted by molar-refractivity contribution is 8.02. The van der Waals surface area contributed by atoms with E-state index in [0.29, 0.717) is 25.5 Å². The molecule has 0 spiro atoms. The molecule has 0 bridgehead atoms. The highest BCUT2D eigenvalue weighted by Crippen LogP contribution is 2.39. The lowest BCUT2D eigenvalue weighted by atomic mass is 10.2. The molecular weight excluding hydrogens is 429 g/mol. The summed E-state index contributed by atoms with van der Waals surface area (Å²) in [6.07, 6.45) is 0. The highest BCUT2D eigenvalue weighted by Gasteiger charge is 2.17. The summed E-state index contributed by atoms with van der Waals surface area (Å²) in [5.41, 5.74) is 0.839. The Hall–Kier alpha value is -2.18. The van der Waals surface area contributed by atoms with Gasteiger partial charge in [0.1, 0.15) is 17.4 Å². The molecule has 0 fully saturated rings. The van der Waals surface area contributed by atoms with Crippen LogP contribution in [0.3, 0.4) is 0 Å². The van der Waals surface area contributed by atoms with E-state index in [4.69, 9.17) is 23.2 Å². The number of nitrogens with zero attached hydrogens (tertiary/aromatic N) is 1. The van der Waals surface area contributed by atoms with Crippen molar-refractivity contribution in [3.63, 3.8) is 0 Å². The number of aromatic amines is 1. The quantitative estimate of drug-likeness (QED) is 0.522. The number of benzene rings is 1. The minimum absolute atomic E-state index is 0.0772. The predicted octanol–water partition coefficient (Wildman–Crippen LogP) is 3.88. The molecule has 3 aromatic rings. The fourth-order valence-corrected chi connectivity index (χ4v) is 4.79. The first-order chi connectivity index (χ1) is 12.9. The zero-order valence-electron chi connectivity index (χ0n) is 13.5. The first-order valence-electron chi connectivity index (χ1n) is 7.51. The number of nitrogens with one attached hydrogen (secondary N) is 2. The fourth-order valence-electron chi connectivity index (χ4n) is 2.29. The zero-order chi connectivity index (χ0) is 19.6. The second-order valence-corrected chi connectivity index (χ2v) is 8.49. The van der Waals surface area contributed by atoms with Gasteiger partial charge in [-0.05, 0) is 17.7 Å². The Morgan fingerprint density at radius 2 is 2.11 bits per heavy atom. The van der Waals surface area contributed by atoms with E-state index in [1.54, 1.807) is 18.2 Å². The lowest BCUT2D eigenvalue weighted by Crippen LogP contribution is -2.24. The number of pyridine rings is 1. The number of aromatic nitrogens is 1. The number of H-pyrrole nitrogens is 1. The van der Waals surface area contributed by atoms with Crippen molar-refractivity contribution in [1.82, 2.24) is 10.3 Å². The monoisotopic (exact) mass is 439 g/mol. The molecule has 0 aliphatic heterocycles. The van der Waals surface area contributed by atoms with Crippen LogP contribution < -0.4 is 10.9 Å². The third kappa shape index (κ3) is 4.39. The number of thiophene rings is 1. The van der Waals surface area contributed by atoms with Crippen LogP contribution in [-0.4, -0.2) is 21.8 Å². The van der Waals surface area contributed by atoms with Crippen molar-refractivity contribution in [1.29, 1.82) is 5.26 Å². The molecule has 0 saturated heterocycles. The Morgan fingerprint density at radius 3 is 2.81 bits per heavy atom. The Balaban J connectivity index is 1.68. The van der Waals surface area contributed by atoms with Gasteiger partial charge in [0.15, 0.2) is 0 Å². The van der Waals surface area contributed by atoms with Gasteiger partial charge in [-0.2, -0.15) is 5.26 Å². The average Bonchev–Trinajstić information content (AvgIpc) is 2.98. The van der Waals surface area contributed by atoms with E-state index in [9.17, 15) is 20.0 Å². The average molecular weight is 440 g/mol. The van der Waals surface area contributed by atoms with E-state index in [1.807, 2.05) is 6.07 Å². The van der Waals surface area contributed by atoms with Crippen LogP contribution in [0.1, 0.15) is 11.1 Å². The van der Waals surface area contributed by atoms with Crippen molar-refractivity contribution in [3.05, 3.63) is 55.8 Å². The SMILES string of the molecule is N#Cc1c(SCC(=O)NCc2ccc(Cl)c(Cl)c2)sc2c(O)cc(=O)[nH]c12. The summed E-state index contributed by atoms with van der Waals surface area (Å²) in [4.78, 5) is 26.2. The molecule has 3 N–H and O–H groups in total. The van der Waals surface area contributed by atoms with Gasteiger partial charge in [-0.1, -0.05) is 29.3 Å². The fraction of sp³-hybridized carbons (Fsp3) is 0.118. The Morgan fingerprint density at radius 1 is 1.33 bits per heavy atom. The number of rotatable bonds is 5. The van der Waals surface area contributed by atoms with Crippen molar-refractivity contribution in [2.45, 2.75) is 10.8 Å². The first-order valence-corrected chi connectivity index (χ1v) is 10.1. The molecule has 1 aromatic carbocycles. The summed E-state index contributed by atoms with van der Waals surface area (Å²) >= 11 is 14.1. The minimum atomic E-state index is -0.495. The third-order valence-electron chi connectivity index (χ3n) is 3.54. The minimum Gasteiger partial charge on any atom is -0.506 e.